The van der Waals surface area contributed by atoms with E-state index in [0.717, 1.165) is 0 Å². The molecule has 1 aromatic rings. The molecule has 0 saturated carbocycles. The molecule has 0 aliphatic carbocycles. The number of nitrogens with zero attached hydrogens (tertiary/aromatic N) is 2. The fourth-order valence-electron chi connectivity index (χ4n) is 2.45. The van der Waals surface area contributed by atoms with Crippen molar-refractivity contribution in [2.75, 3.05) is 18.0 Å². The largest absolute Gasteiger partial charge is 1.00 e. The summed E-state index contributed by atoms with van der Waals surface area (Å²) in [6.07, 6.45) is 2.56. The summed E-state index contributed by atoms with van der Waals surface area (Å²) >= 11 is 6.25. The standard InChI is InChI=1S/C16H21ClN2O4.K.H/c1-16(2,3)23-15(22)11-8-12(17)13(18-9-11)19-6-4-10(5-7-19)14(20)21;;/h8-10H,4-7H2,1-3H3,(H,20,21);;/q;+1;-1. The number of carboxylic acids is 1. The first-order chi connectivity index (χ1) is 10.7. The molecule has 2 rings (SSSR count). The van der Waals surface area contributed by atoms with Crippen molar-refractivity contribution < 1.29 is 72.2 Å². The van der Waals surface area contributed by atoms with Gasteiger partial charge in [-0.25, -0.2) is 9.78 Å². The fraction of sp³-hybridized carbons (Fsp3) is 0.562. The molecule has 0 radical (unpaired) electrons. The topological polar surface area (TPSA) is 79.7 Å². The number of hydrogen-bond acceptors (Lipinski definition) is 5. The Bertz CT molecular complexity index is 617. The Hall–Kier alpha value is -0.184. The van der Waals surface area contributed by atoms with Crippen molar-refractivity contribution in [2.45, 2.75) is 39.2 Å². The van der Waals surface area contributed by atoms with E-state index in [1.165, 1.54) is 6.20 Å². The normalized spacial score (nSPS) is 15.6. The predicted molar refractivity (Wildman–Crippen MR) is 88.1 cm³/mol. The molecule has 0 aromatic carbocycles. The Labute approximate surface area is 190 Å². The summed E-state index contributed by atoms with van der Waals surface area (Å²) in [5.74, 6) is -0.971. The third kappa shape index (κ3) is 5.96. The summed E-state index contributed by atoms with van der Waals surface area (Å²) in [7, 11) is 0. The first-order valence-corrected chi connectivity index (χ1v) is 7.92. The van der Waals surface area contributed by atoms with Crippen molar-refractivity contribution in [3.05, 3.63) is 22.8 Å². The second-order valence-electron chi connectivity index (χ2n) is 6.63. The van der Waals surface area contributed by atoms with Gasteiger partial charge >= 0.3 is 63.3 Å². The molecule has 1 fully saturated rings. The molecule has 0 atom stereocenters. The van der Waals surface area contributed by atoms with E-state index in [-0.39, 0.29) is 58.7 Å². The van der Waals surface area contributed by atoms with Gasteiger partial charge in [0, 0.05) is 19.3 Å². The molecule has 2 heterocycles. The number of hydrogen-bond donors (Lipinski definition) is 1. The Morgan fingerprint density at radius 2 is 1.96 bits per heavy atom. The quantitative estimate of drug-likeness (QED) is 0.592. The Kier molecular flexibility index (Phi) is 8.16. The van der Waals surface area contributed by atoms with Crippen molar-refractivity contribution in [2.24, 2.45) is 5.92 Å². The number of aliphatic carboxylic acids is 1. The molecular formula is C16H22ClKN2O4. The van der Waals surface area contributed by atoms with Crippen LogP contribution >= 0.6 is 11.6 Å². The van der Waals surface area contributed by atoms with E-state index < -0.39 is 17.5 Å². The van der Waals surface area contributed by atoms with Crippen LogP contribution in [-0.2, 0) is 9.53 Å². The van der Waals surface area contributed by atoms with E-state index in [4.69, 9.17) is 21.4 Å². The van der Waals surface area contributed by atoms with Crippen LogP contribution in [0.1, 0.15) is 45.4 Å². The molecule has 1 aliphatic heterocycles. The number of anilines is 1. The van der Waals surface area contributed by atoms with Crippen molar-refractivity contribution >= 4 is 29.4 Å². The second kappa shape index (κ2) is 8.96. The summed E-state index contributed by atoms with van der Waals surface area (Å²) in [5, 5.41) is 9.39. The minimum absolute atomic E-state index is 0. The SMILES string of the molecule is CC(C)(C)OC(=O)c1cnc(N2CCC(C(=O)O)CC2)c(Cl)c1.[H-].[K+]. The summed E-state index contributed by atoms with van der Waals surface area (Å²) in [6.45, 7) is 6.54. The average Bonchev–Trinajstić information content (AvgIpc) is 2.45. The molecule has 0 spiro atoms. The van der Waals surface area contributed by atoms with Crippen LogP contribution in [0.25, 0.3) is 0 Å². The van der Waals surface area contributed by atoms with E-state index in [9.17, 15) is 9.59 Å². The molecule has 0 bridgehead atoms. The van der Waals surface area contributed by atoms with Gasteiger partial charge in [0.2, 0.25) is 0 Å². The van der Waals surface area contributed by atoms with Crippen LogP contribution in [-0.4, -0.2) is 40.7 Å². The molecule has 24 heavy (non-hydrogen) atoms. The van der Waals surface area contributed by atoms with Gasteiger partial charge in [0.05, 0.1) is 16.5 Å². The Morgan fingerprint density at radius 1 is 1.38 bits per heavy atom. The van der Waals surface area contributed by atoms with E-state index >= 15 is 0 Å². The zero-order valence-electron chi connectivity index (χ0n) is 15.5. The minimum Gasteiger partial charge on any atom is -1.00 e. The Morgan fingerprint density at radius 3 is 2.42 bits per heavy atom. The van der Waals surface area contributed by atoms with E-state index in [2.05, 4.69) is 4.98 Å². The maximum atomic E-state index is 12.0. The Balaban J connectivity index is 0.00000288. The number of carboxylic acid groups (broad SMARTS) is 1. The molecule has 1 N–H and O–H groups in total. The van der Waals surface area contributed by atoms with Gasteiger partial charge in [-0.3, -0.25) is 4.79 Å². The van der Waals surface area contributed by atoms with Gasteiger partial charge in [0.1, 0.15) is 11.4 Å². The van der Waals surface area contributed by atoms with Crippen LogP contribution in [0.4, 0.5) is 5.82 Å². The van der Waals surface area contributed by atoms with Crippen molar-refractivity contribution in [1.82, 2.24) is 4.98 Å². The molecule has 0 amide bonds. The smallest absolute Gasteiger partial charge is 1.00 e. The zero-order valence-corrected chi connectivity index (χ0v) is 18.4. The third-order valence-corrected chi connectivity index (χ3v) is 3.88. The van der Waals surface area contributed by atoms with Crippen LogP contribution in [0.15, 0.2) is 12.3 Å². The number of carbonyl (C=O) groups is 2. The number of aromatic nitrogens is 1. The van der Waals surface area contributed by atoms with Crippen LogP contribution in [0.5, 0.6) is 0 Å². The summed E-state index contributed by atoms with van der Waals surface area (Å²) in [5.41, 5.74) is -0.282. The van der Waals surface area contributed by atoms with E-state index in [0.29, 0.717) is 42.3 Å². The number of halogens is 1. The zero-order chi connectivity index (χ0) is 17.2. The van der Waals surface area contributed by atoms with E-state index in [1.54, 1.807) is 26.8 Å². The van der Waals surface area contributed by atoms with Crippen LogP contribution in [0.2, 0.25) is 5.02 Å². The molecule has 128 valence electrons. The van der Waals surface area contributed by atoms with Crippen LogP contribution in [0.3, 0.4) is 0 Å². The number of esters is 1. The predicted octanol–water partition coefficient (Wildman–Crippen LogP) is 0.108. The van der Waals surface area contributed by atoms with Crippen LogP contribution < -0.4 is 56.3 Å². The van der Waals surface area contributed by atoms with Gasteiger partial charge in [-0.2, -0.15) is 0 Å². The first-order valence-electron chi connectivity index (χ1n) is 7.54. The maximum absolute atomic E-state index is 12.0. The molecule has 6 nitrogen and oxygen atoms in total. The monoisotopic (exact) mass is 380 g/mol. The molecule has 1 aromatic heterocycles. The second-order valence-corrected chi connectivity index (χ2v) is 7.04. The number of piperidine rings is 1. The van der Waals surface area contributed by atoms with Gasteiger partial charge in [0.15, 0.2) is 0 Å². The van der Waals surface area contributed by atoms with Gasteiger partial charge in [0.25, 0.3) is 0 Å². The van der Waals surface area contributed by atoms with Gasteiger partial charge < -0.3 is 16.2 Å². The molecule has 1 saturated heterocycles. The number of ether oxygens (including phenoxy) is 1. The van der Waals surface area contributed by atoms with Gasteiger partial charge in [-0.1, -0.05) is 11.6 Å². The van der Waals surface area contributed by atoms with Crippen LogP contribution in [0, 0.1) is 5.92 Å². The maximum Gasteiger partial charge on any atom is 1.00 e. The van der Waals surface area contributed by atoms with E-state index in [1.807, 2.05) is 4.90 Å². The molecule has 0 unspecified atom stereocenters. The number of carbonyl (C=O) groups excluding carboxylic acids is 1. The van der Waals surface area contributed by atoms with Crippen molar-refractivity contribution in [3.8, 4) is 0 Å². The van der Waals surface area contributed by atoms with Crippen molar-refractivity contribution in [3.63, 3.8) is 0 Å². The summed E-state index contributed by atoms with van der Waals surface area (Å²) < 4.78 is 5.29. The minimum atomic E-state index is -0.760. The average molecular weight is 381 g/mol. The molecule has 1 aliphatic rings. The third-order valence-electron chi connectivity index (χ3n) is 3.60. The van der Waals surface area contributed by atoms with Crippen molar-refractivity contribution in [1.29, 1.82) is 0 Å². The number of pyridine rings is 1. The van der Waals surface area contributed by atoms with Gasteiger partial charge in [-0.05, 0) is 39.7 Å². The summed E-state index contributed by atoms with van der Waals surface area (Å²) in [4.78, 5) is 29.2. The number of rotatable bonds is 3. The summed E-state index contributed by atoms with van der Waals surface area (Å²) in [6, 6.07) is 1.54. The first kappa shape index (κ1) is 21.9. The van der Waals surface area contributed by atoms with Gasteiger partial charge in [-0.15, -0.1) is 0 Å². The fourth-order valence-corrected chi connectivity index (χ4v) is 2.74. The molecule has 8 heteroatoms. The molecular weight excluding hydrogens is 359 g/mol.